The molecule has 0 bridgehead atoms. The van der Waals surface area contributed by atoms with E-state index in [1.807, 2.05) is 6.92 Å². The lowest BCUT2D eigenvalue weighted by atomic mass is 10.3. The van der Waals surface area contributed by atoms with E-state index in [-0.39, 0.29) is 6.10 Å². The molecule has 0 aliphatic carbocycles. The van der Waals surface area contributed by atoms with Crippen LogP contribution in [0.2, 0.25) is 0 Å². The molecule has 1 aromatic heterocycles. The van der Waals surface area contributed by atoms with Crippen molar-refractivity contribution >= 4 is 11.6 Å². The van der Waals surface area contributed by atoms with Gasteiger partial charge in [0.05, 0.1) is 19.8 Å². The van der Waals surface area contributed by atoms with Crippen molar-refractivity contribution in [2.75, 3.05) is 57.6 Å². The minimum Gasteiger partial charge on any atom is -0.490 e. The molecule has 112 valence electrons. The third-order valence-corrected chi connectivity index (χ3v) is 3.19. The number of nitrogens with one attached hydrogen (secondary N) is 2. The standard InChI is InChI=1S/C13H23N5O2/c1-4-14-12-11(19-3)13(17-9-16-12)15-7-10-8-18(2)5-6-20-10/h9-10H,4-8H2,1-3H3,(H2,14,15,16,17). The number of hydrogen-bond donors (Lipinski definition) is 2. The summed E-state index contributed by atoms with van der Waals surface area (Å²) in [5, 5.41) is 6.44. The Labute approximate surface area is 119 Å². The van der Waals surface area contributed by atoms with Crippen molar-refractivity contribution in [1.82, 2.24) is 14.9 Å². The second kappa shape index (κ2) is 7.25. The Kier molecular flexibility index (Phi) is 5.37. The zero-order valence-corrected chi connectivity index (χ0v) is 12.3. The van der Waals surface area contributed by atoms with E-state index in [1.54, 1.807) is 7.11 Å². The van der Waals surface area contributed by atoms with E-state index >= 15 is 0 Å². The number of likely N-dealkylation sites (N-methyl/N-ethyl adjacent to an activating group) is 1. The van der Waals surface area contributed by atoms with Crippen LogP contribution < -0.4 is 15.4 Å². The van der Waals surface area contributed by atoms with Gasteiger partial charge in [-0.3, -0.25) is 0 Å². The maximum atomic E-state index is 5.72. The van der Waals surface area contributed by atoms with E-state index in [4.69, 9.17) is 9.47 Å². The Morgan fingerprint density at radius 1 is 1.40 bits per heavy atom. The lowest BCUT2D eigenvalue weighted by molar-refractivity contribution is -0.0117. The number of methoxy groups -OCH3 is 1. The van der Waals surface area contributed by atoms with Gasteiger partial charge in [-0.2, -0.15) is 0 Å². The highest BCUT2D eigenvalue weighted by Gasteiger charge is 2.19. The fourth-order valence-electron chi connectivity index (χ4n) is 2.19. The van der Waals surface area contributed by atoms with Crippen LogP contribution in [0.5, 0.6) is 5.75 Å². The first kappa shape index (κ1) is 14.8. The average molecular weight is 281 g/mol. The molecular weight excluding hydrogens is 258 g/mol. The van der Waals surface area contributed by atoms with Gasteiger partial charge >= 0.3 is 0 Å². The molecule has 1 saturated heterocycles. The number of rotatable bonds is 6. The highest BCUT2D eigenvalue weighted by Crippen LogP contribution is 2.28. The Hall–Kier alpha value is -1.60. The molecule has 1 aliphatic heterocycles. The smallest absolute Gasteiger partial charge is 0.204 e. The molecule has 2 heterocycles. The van der Waals surface area contributed by atoms with Gasteiger partial charge in [0, 0.05) is 26.2 Å². The number of ether oxygens (including phenoxy) is 2. The monoisotopic (exact) mass is 281 g/mol. The second-order valence-corrected chi connectivity index (χ2v) is 4.77. The summed E-state index contributed by atoms with van der Waals surface area (Å²) in [6.07, 6.45) is 1.69. The van der Waals surface area contributed by atoms with Crippen molar-refractivity contribution in [2.24, 2.45) is 0 Å². The maximum absolute atomic E-state index is 5.72. The summed E-state index contributed by atoms with van der Waals surface area (Å²) in [7, 11) is 3.72. The number of aromatic nitrogens is 2. The predicted octanol–water partition coefficient (Wildman–Crippen LogP) is 0.659. The molecule has 2 N–H and O–H groups in total. The normalized spacial score (nSPS) is 19.6. The quantitative estimate of drug-likeness (QED) is 0.793. The Balaban J connectivity index is 1.99. The van der Waals surface area contributed by atoms with Crippen molar-refractivity contribution in [2.45, 2.75) is 13.0 Å². The summed E-state index contributed by atoms with van der Waals surface area (Å²) in [6.45, 7) is 6.16. The van der Waals surface area contributed by atoms with Crippen molar-refractivity contribution < 1.29 is 9.47 Å². The molecule has 0 radical (unpaired) electrons. The molecule has 7 nitrogen and oxygen atoms in total. The highest BCUT2D eigenvalue weighted by atomic mass is 16.5. The molecule has 0 spiro atoms. The van der Waals surface area contributed by atoms with Crippen molar-refractivity contribution in [3.05, 3.63) is 6.33 Å². The Bertz CT molecular complexity index is 429. The van der Waals surface area contributed by atoms with Crippen LogP contribution >= 0.6 is 0 Å². The fourth-order valence-corrected chi connectivity index (χ4v) is 2.19. The van der Waals surface area contributed by atoms with Gasteiger partial charge in [-0.15, -0.1) is 0 Å². The first-order chi connectivity index (χ1) is 9.74. The predicted molar refractivity (Wildman–Crippen MR) is 78.5 cm³/mol. The fraction of sp³-hybridized carbons (Fsp3) is 0.692. The summed E-state index contributed by atoms with van der Waals surface area (Å²) >= 11 is 0. The van der Waals surface area contributed by atoms with Gasteiger partial charge in [-0.1, -0.05) is 0 Å². The second-order valence-electron chi connectivity index (χ2n) is 4.77. The van der Waals surface area contributed by atoms with Gasteiger partial charge in [-0.05, 0) is 14.0 Å². The molecule has 7 heteroatoms. The maximum Gasteiger partial charge on any atom is 0.204 e. The van der Waals surface area contributed by atoms with Crippen LogP contribution in [0.4, 0.5) is 11.6 Å². The van der Waals surface area contributed by atoms with E-state index in [2.05, 4.69) is 32.5 Å². The molecular formula is C13H23N5O2. The van der Waals surface area contributed by atoms with Gasteiger partial charge < -0.3 is 25.0 Å². The summed E-state index contributed by atoms with van der Waals surface area (Å²) in [5.74, 6) is 2.03. The van der Waals surface area contributed by atoms with Crippen molar-refractivity contribution in [1.29, 1.82) is 0 Å². The zero-order chi connectivity index (χ0) is 14.4. The van der Waals surface area contributed by atoms with Gasteiger partial charge in [0.1, 0.15) is 6.33 Å². The highest BCUT2D eigenvalue weighted by molar-refractivity contribution is 5.63. The molecule has 1 unspecified atom stereocenters. The largest absolute Gasteiger partial charge is 0.490 e. The van der Waals surface area contributed by atoms with Crippen molar-refractivity contribution in [3.8, 4) is 5.75 Å². The van der Waals surface area contributed by atoms with E-state index in [1.165, 1.54) is 6.33 Å². The van der Waals surface area contributed by atoms with Crippen LogP contribution in [0.1, 0.15) is 6.92 Å². The summed E-state index contributed by atoms with van der Waals surface area (Å²) in [4.78, 5) is 10.7. The van der Waals surface area contributed by atoms with E-state index < -0.39 is 0 Å². The molecule has 0 amide bonds. The molecule has 1 atom stereocenters. The number of nitrogens with zero attached hydrogens (tertiary/aromatic N) is 3. The van der Waals surface area contributed by atoms with Crippen LogP contribution in [0.3, 0.4) is 0 Å². The van der Waals surface area contributed by atoms with Crippen LogP contribution in [-0.2, 0) is 4.74 Å². The van der Waals surface area contributed by atoms with Crippen LogP contribution in [0.15, 0.2) is 6.33 Å². The van der Waals surface area contributed by atoms with E-state index in [0.717, 1.165) is 26.2 Å². The minimum atomic E-state index is 0.163. The third kappa shape index (κ3) is 3.71. The number of morpholine rings is 1. The number of anilines is 2. The van der Waals surface area contributed by atoms with Gasteiger partial charge in [0.15, 0.2) is 11.6 Å². The average Bonchev–Trinajstić information content (AvgIpc) is 2.45. The van der Waals surface area contributed by atoms with Gasteiger partial charge in [-0.25, -0.2) is 9.97 Å². The van der Waals surface area contributed by atoms with E-state index in [9.17, 15) is 0 Å². The Morgan fingerprint density at radius 3 is 2.80 bits per heavy atom. The minimum absolute atomic E-state index is 0.163. The van der Waals surface area contributed by atoms with Gasteiger partial charge in [0.25, 0.3) is 0 Å². The molecule has 0 aromatic carbocycles. The van der Waals surface area contributed by atoms with Crippen LogP contribution in [-0.4, -0.2) is 67.9 Å². The van der Waals surface area contributed by atoms with Crippen LogP contribution in [0.25, 0.3) is 0 Å². The molecule has 1 aliphatic rings. The third-order valence-electron chi connectivity index (χ3n) is 3.19. The number of hydrogen-bond acceptors (Lipinski definition) is 7. The van der Waals surface area contributed by atoms with Gasteiger partial charge in [0.2, 0.25) is 5.75 Å². The molecule has 2 rings (SSSR count). The first-order valence-corrected chi connectivity index (χ1v) is 6.91. The molecule has 20 heavy (non-hydrogen) atoms. The SMILES string of the molecule is CCNc1ncnc(NCC2CN(C)CCO2)c1OC. The molecule has 1 aromatic rings. The lowest BCUT2D eigenvalue weighted by Crippen LogP contribution is -2.43. The van der Waals surface area contributed by atoms with E-state index in [0.29, 0.717) is 23.9 Å². The summed E-state index contributed by atoms with van der Waals surface area (Å²) in [5.41, 5.74) is 0. The Morgan fingerprint density at radius 2 is 2.15 bits per heavy atom. The lowest BCUT2D eigenvalue weighted by Gasteiger charge is -2.30. The molecule has 0 saturated carbocycles. The zero-order valence-electron chi connectivity index (χ0n) is 12.3. The van der Waals surface area contributed by atoms with Crippen LogP contribution in [0, 0.1) is 0 Å². The summed E-state index contributed by atoms with van der Waals surface area (Å²) < 4.78 is 11.1. The molecule has 1 fully saturated rings. The summed E-state index contributed by atoms with van der Waals surface area (Å²) in [6, 6.07) is 0. The first-order valence-electron chi connectivity index (χ1n) is 6.91. The topological polar surface area (TPSA) is 71.5 Å². The van der Waals surface area contributed by atoms with Crippen molar-refractivity contribution in [3.63, 3.8) is 0 Å².